The van der Waals surface area contributed by atoms with Gasteiger partial charge in [-0.25, -0.2) is 0 Å². The van der Waals surface area contributed by atoms with E-state index in [2.05, 4.69) is 0 Å². The van der Waals surface area contributed by atoms with Crippen LogP contribution >= 0.6 is 0 Å². The van der Waals surface area contributed by atoms with Crippen LogP contribution < -0.4 is 0 Å². The third-order valence-electron chi connectivity index (χ3n) is 2.49. The Labute approximate surface area is 106 Å². The first-order chi connectivity index (χ1) is 8.45. The highest BCUT2D eigenvalue weighted by molar-refractivity contribution is 5.98. The van der Waals surface area contributed by atoms with Gasteiger partial charge < -0.3 is 15.1 Å². The van der Waals surface area contributed by atoms with Crippen molar-refractivity contribution < 1.29 is 19.8 Å². The largest absolute Gasteiger partial charge is 0.507 e. The number of phenolic OH excluding ortho intramolecular Hbond substituents is 1. The number of aromatic hydroxyl groups is 1. The lowest BCUT2D eigenvalue weighted by atomic mass is 10.1. The molecule has 0 fully saturated rings. The van der Waals surface area contributed by atoms with Crippen molar-refractivity contribution in [3.8, 4) is 5.75 Å². The number of benzene rings is 1. The molecular weight excluding hydrogens is 234 g/mol. The summed E-state index contributed by atoms with van der Waals surface area (Å²) < 4.78 is 0. The number of hydrogen-bond acceptors (Lipinski definition) is 3. The van der Waals surface area contributed by atoms with Gasteiger partial charge >= 0.3 is 5.97 Å². The van der Waals surface area contributed by atoms with Gasteiger partial charge in [0.05, 0.1) is 5.56 Å². The monoisotopic (exact) mass is 251 g/mol. The molecule has 0 spiro atoms. The molecule has 0 atom stereocenters. The van der Waals surface area contributed by atoms with Gasteiger partial charge in [0, 0.05) is 6.54 Å². The molecule has 1 aromatic carbocycles. The molecule has 0 aliphatic rings. The summed E-state index contributed by atoms with van der Waals surface area (Å²) in [7, 11) is 0. The highest BCUT2D eigenvalue weighted by Gasteiger charge is 2.20. The van der Waals surface area contributed by atoms with Crippen LogP contribution in [-0.2, 0) is 4.79 Å². The number of amides is 1. The van der Waals surface area contributed by atoms with Crippen LogP contribution in [0.5, 0.6) is 5.75 Å². The minimum Gasteiger partial charge on any atom is -0.507 e. The van der Waals surface area contributed by atoms with E-state index in [4.69, 9.17) is 5.11 Å². The summed E-state index contributed by atoms with van der Waals surface area (Å²) in [5, 5.41) is 18.5. The average molecular weight is 251 g/mol. The first-order valence-corrected chi connectivity index (χ1v) is 5.76. The summed E-state index contributed by atoms with van der Waals surface area (Å²) in [5.41, 5.74) is 0.972. The molecule has 0 saturated carbocycles. The zero-order valence-corrected chi connectivity index (χ0v) is 10.5. The molecule has 1 rings (SSSR count). The van der Waals surface area contributed by atoms with E-state index in [9.17, 15) is 14.7 Å². The number of phenols is 1. The minimum atomic E-state index is -1.07. The molecule has 0 aromatic heterocycles. The van der Waals surface area contributed by atoms with Crippen LogP contribution in [-0.4, -0.2) is 40.1 Å². The molecule has 1 amide bonds. The quantitative estimate of drug-likeness (QED) is 0.833. The van der Waals surface area contributed by atoms with Crippen molar-refractivity contribution in [1.29, 1.82) is 0 Å². The number of carbonyl (C=O) groups is 2. The van der Waals surface area contributed by atoms with Crippen molar-refractivity contribution in [3.63, 3.8) is 0 Å². The molecule has 0 radical (unpaired) electrons. The maximum Gasteiger partial charge on any atom is 0.323 e. The Balaban J connectivity index is 2.97. The van der Waals surface area contributed by atoms with Crippen molar-refractivity contribution in [1.82, 2.24) is 4.90 Å². The summed E-state index contributed by atoms with van der Waals surface area (Å²) in [6.45, 7) is 3.64. The van der Waals surface area contributed by atoms with Crippen LogP contribution in [0.15, 0.2) is 18.2 Å². The SMILES string of the molecule is CCCN(CC(=O)O)C(=O)c1ccc(C)cc1O. The van der Waals surface area contributed by atoms with Crippen LogP contribution in [0.4, 0.5) is 0 Å². The molecule has 98 valence electrons. The molecule has 5 heteroatoms. The van der Waals surface area contributed by atoms with Gasteiger partial charge in [-0.3, -0.25) is 9.59 Å². The maximum atomic E-state index is 12.1. The number of carboxylic acid groups (broad SMARTS) is 1. The topological polar surface area (TPSA) is 77.8 Å². The van der Waals surface area contributed by atoms with Crippen LogP contribution in [0.1, 0.15) is 29.3 Å². The normalized spacial score (nSPS) is 10.1. The number of hydrogen-bond donors (Lipinski definition) is 2. The predicted molar refractivity (Wildman–Crippen MR) is 66.7 cm³/mol. The van der Waals surface area contributed by atoms with Crippen LogP contribution in [0.3, 0.4) is 0 Å². The van der Waals surface area contributed by atoms with Crippen LogP contribution in [0.25, 0.3) is 0 Å². The summed E-state index contributed by atoms with van der Waals surface area (Å²) in [6.07, 6.45) is 0.658. The highest BCUT2D eigenvalue weighted by Crippen LogP contribution is 2.20. The second-order valence-electron chi connectivity index (χ2n) is 4.14. The number of carboxylic acids is 1. The third-order valence-corrected chi connectivity index (χ3v) is 2.49. The molecular formula is C13H17NO4. The van der Waals surface area contributed by atoms with E-state index in [-0.39, 0.29) is 17.9 Å². The van der Waals surface area contributed by atoms with E-state index in [1.165, 1.54) is 17.0 Å². The van der Waals surface area contributed by atoms with E-state index in [1.807, 2.05) is 6.92 Å². The van der Waals surface area contributed by atoms with Crippen molar-refractivity contribution in [2.75, 3.05) is 13.1 Å². The fourth-order valence-electron chi connectivity index (χ4n) is 1.68. The Morgan fingerprint density at radius 2 is 2.00 bits per heavy atom. The van der Waals surface area contributed by atoms with Gasteiger partial charge in [-0.15, -0.1) is 0 Å². The van der Waals surface area contributed by atoms with Gasteiger partial charge in [0.2, 0.25) is 0 Å². The number of nitrogens with zero attached hydrogens (tertiary/aromatic N) is 1. The Morgan fingerprint density at radius 1 is 1.33 bits per heavy atom. The van der Waals surface area contributed by atoms with Crippen molar-refractivity contribution in [3.05, 3.63) is 29.3 Å². The van der Waals surface area contributed by atoms with Gasteiger partial charge in [-0.1, -0.05) is 13.0 Å². The molecule has 0 heterocycles. The Hall–Kier alpha value is -2.04. The lowest BCUT2D eigenvalue weighted by Crippen LogP contribution is -2.36. The van der Waals surface area contributed by atoms with Gasteiger partial charge in [0.15, 0.2) is 0 Å². The molecule has 2 N–H and O–H groups in total. The minimum absolute atomic E-state index is 0.119. The Morgan fingerprint density at radius 3 is 2.50 bits per heavy atom. The average Bonchev–Trinajstić information content (AvgIpc) is 2.27. The van der Waals surface area contributed by atoms with Gasteiger partial charge in [-0.05, 0) is 31.0 Å². The van der Waals surface area contributed by atoms with Crippen molar-refractivity contribution >= 4 is 11.9 Å². The van der Waals surface area contributed by atoms with Crippen LogP contribution in [0.2, 0.25) is 0 Å². The molecule has 0 saturated heterocycles. The zero-order valence-electron chi connectivity index (χ0n) is 10.5. The Kier molecular flexibility index (Phi) is 4.71. The summed E-state index contributed by atoms with van der Waals surface area (Å²) in [6, 6.07) is 4.70. The summed E-state index contributed by atoms with van der Waals surface area (Å²) in [4.78, 5) is 24.0. The van der Waals surface area contributed by atoms with Crippen molar-refractivity contribution in [2.24, 2.45) is 0 Å². The fraction of sp³-hybridized carbons (Fsp3) is 0.385. The molecule has 5 nitrogen and oxygen atoms in total. The van der Waals surface area contributed by atoms with E-state index < -0.39 is 11.9 Å². The van der Waals surface area contributed by atoms with E-state index in [0.717, 1.165) is 5.56 Å². The van der Waals surface area contributed by atoms with Crippen LogP contribution in [0, 0.1) is 6.92 Å². The molecule has 0 aliphatic heterocycles. The highest BCUT2D eigenvalue weighted by atomic mass is 16.4. The van der Waals surface area contributed by atoms with Crippen molar-refractivity contribution in [2.45, 2.75) is 20.3 Å². The lowest BCUT2D eigenvalue weighted by Gasteiger charge is -2.20. The van der Waals surface area contributed by atoms with Gasteiger partial charge in [0.25, 0.3) is 5.91 Å². The second kappa shape index (κ2) is 6.05. The van der Waals surface area contributed by atoms with Gasteiger partial charge in [-0.2, -0.15) is 0 Å². The molecule has 0 aliphatic carbocycles. The molecule has 1 aromatic rings. The smallest absolute Gasteiger partial charge is 0.323 e. The predicted octanol–water partition coefficient (Wildman–Crippen LogP) is 1.64. The molecule has 18 heavy (non-hydrogen) atoms. The maximum absolute atomic E-state index is 12.1. The first-order valence-electron chi connectivity index (χ1n) is 5.76. The van der Waals surface area contributed by atoms with E-state index >= 15 is 0 Å². The lowest BCUT2D eigenvalue weighted by molar-refractivity contribution is -0.137. The zero-order chi connectivity index (χ0) is 13.7. The fourth-order valence-corrected chi connectivity index (χ4v) is 1.68. The number of carbonyl (C=O) groups excluding carboxylic acids is 1. The standard InChI is InChI=1S/C13H17NO4/c1-3-6-14(8-12(16)17)13(18)10-5-4-9(2)7-11(10)15/h4-5,7,15H,3,6,8H2,1-2H3,(H,16,17). The molecule has 0 bridgehead atoms. The third kappa shape index (κ3) is 3.48. The number of aliphatic carboxylic acids is 1. The summed E-state index contributed by atoms with van der Waals surface area (Å²) >= 11 is 0. The first kappa shape index (κ1) is 14.0. The van der Waals surface area contributed by atoms with E-state index in [0.29, 0.717) is 13.0 Å². The van der Waals surface area contributed by atoms with E-state index in [1.54, 1.807) is 13.0 Å². The Bertz CT molecular complexity index is 456. The number of aryl methyl sites for hydroxylation is 1. The molecule has 0 unspecified atom stereocenters. The summed E-state index contributed by atoms with van der Waals surface area (Å²) in [5.74, 6) is -1.65. The van der Waals surface area contributed by atoms with Gasteiger partial charge in [0.1, 0.15) is 12.3 Å². The second-order valence-corrected chi connectivity index (χ2v) is 4.14. The number of rotatable bonds is 5.